The minimum absolute atomic E-state index is 0. The zero-order chi connectivity index (χ0) is 15.4. The van der Waals surface area contributed by atoms with Gasteiger partial charge in [-0.15, -0.1) is 37.2 Å². The summed E-state index contributed by atoms with van der Waals surface area (Å²) in [6, 6.07) is 0. The van der Waals surface area contributed by atoms with E-state index in [-0.39, 0.29) is 43.8 Å². The Hall–Kier alpha value is -0.760. The molecule has 0 saturated carbocycles. The highest BCUT2D eigenvalue weighted by Gasteiger charge is 2.33. The number of carbonyl (C=O) groups excluding carboxylic acids is 1. The summed E-state index contributed by atoms with van der Waals surface area (Å²) in [5.41, 5.74) is 10.2. The lowest BCUT2D eigenvalue weighted by atomic mass is 9.95. The Balaban J connectivity index is -0.000000602. The molecular formula is C13H29Cl3N4O3. The van der Waals surface area contributed by atoms with Gasteiger partial charge in [-0.25, -0.2) is 4.79 Å². The van der Waals surface area contributed by atoms with Crippen LogP contribution < -0.4 is 11.5 Å². The van der Waals surface area contributed by atoms with Crippen molar-refractivity contribution in [2.45, 2.75) is 45.6 Å². The number of nitrogens with two attached hydrogens (primary N) is 2. The van der Waals surface area contributed by atoms with Crippen molar-refractivity contribution in [3.05, 3.63) is 0 Å². The smallest absolute Gasteiger partial charge is 0.331 e. The van der Waals surface area contributed by atoms with Gasteiger partial charge in [0.1, 0.15) is 6.61 Å². The van der Waals surface area contributed by atoms with Crippen LogP contribution in [0.4, 0.5) is 0 Å². The van der Waals surface area contributed by atoms with Gasteiger partial charge in [0, 0.05) is 6.54 Å². The van der Waals surface area contributed by atoms with E-state index in [1.54, 1.807) is 20.8 Å². The van der Waals surface area contributed by atoms with Crippen LogP contribution in [0, 0.1) is 0 Å². The average Bonchev–Trinajstić information content (AvgIpc) is 2.38. The summed E-state index contributed by atoms with van der Waals surface area (Å²) >= 11 is 0. The monoisotopic (exact) mass is 394 g/mol. The summed E-state index contributed by atoms with van der Waals surface area (Å²) < 4.78 is 4.97. The van der Waals surface area contributed by atoms with Crippen LogP contribution >= 0.6 is 37.2 Å². The lowest BCUT2D eigenvalue weighted by Crippen LogP contribution is -2.50. The number of amidine groups is 1. The Bertz CT molecular complexity index is 353. The molecule has 0 amide bonds. The van der Waals surface area contributed by atoms with Crippen molar-refractivity contribution in [1.82, 2.24) is 0 Å². The highest BCUT2D eigenvalue weighted by Crippen LogP contribution is 2.12. The van der Waals surface area contributed by atoms with Gasteiger partial charge in [0.25, 0.3) is 0 Å². The van der Waals surface area contributed by atoms with E-state index >= 15 is 0 Å². The molecule has 23 heavy (non-hydrogen) atoms. The molecule has 0 aromatic carbocycles. The van der Waals surface area contributed by atoms with Crippen molar-refractivity contribution < 1.29 is 14.4 Å². The van der Waals surface area contributed by atoms with Crippen molar-refractivity contribution in [1.29, 1.82) is 0 Å². The van der Waals surface area contributed by atoms with Crippen LogP contribution in [-0.4, -0.2) is 43.3 Å². The molecule has 7 nitrogen and oxygen atoms in total. The number of ether oxygens (including phenoxy) is 1. The fourth-order valence-corrected chi connectivity index (χ4v) is 1.48. The SMILES string of the molecule is CCON=CC(N)(CCCCN=C(C)N)C(=O)OCC.Cl.Cl.Cl. The van der Waals surface area contributed by atoms with E-state index in [1.165, 1.54) is 6.21 Å². The van der Waals surface area contributed by atoms with Crippen LogP contribution in [0.3, 0.4) is 0 Å². The predicted octanol–water partition coefficient (Wildman–Crippen LogP) is 2.08. The van der Waals surface area contributed by atoms with Crippen molar-refractivity contribution in [2.24, 2.45) is 21.6 Å². The zero-order valence-corrected chi connectivity index (χ0v) is 16.3. The van der Waals surface area contributed by atoms with Crippen molar-refractivity contribution >= 4 is 55.2 Å². The molecule has 0 radical (unpaired) electrons. The van der Waals surface area contributed by atoms with Crippen molar-refractivity contribution in [3.8, 4) is 0 Å². The highest BCUT2D eigenvalue weighted by molar-refractivity contribution is 5.99. The molecule has 0 bridgehead atoms. The van der Waals surface area contributed by atoms with E-state index in [2.05, 4.69) is 10.1 Å². The number of rotatable bonds is 10. The number of esters is 1. The standard InChI is InChI=1S/C13H26N4O3.3ClH/c1-4-19-12(18)13(15,10-17-20-5-2)8-6-7-9-16-11(3)14;;;/h10H,4-9,15H2,1-3H3,(H2,14,16);3*1H. The number of hydrogen-bond donors (Lipinski definition) is 2. The second-order valence-electron chi connectivity index (χ2n) is 4.39. The molecule has 0 aromatic heterocycles. The van der Waals surface area contributed by atoms with E-state index in [4.69, 9.17) is 21.0 Å². The van der Waals surface area contributed by atoms with E-state index < -0.39 is 11.5 Å². The lowest BCUT2D eigenvalue weighted by Gasteiger charge is -2.22. The lowest BCUT2D eigenvalue weighted by molar-refractivity contribution is -0.147. The third-order valence-electron chi connectivity index (χ3n) is 2.50. The maximum atomic E-state index is 11.9. The van der Waals surface area contributed by atoms with Gasteiger partial charge in [0.15, 0.2) is 5.54 Å². The predicted molar refractivity (Wildman–Crippen MR) is 101 cm³/mol. The molecule has 0 saturated heterocycles. The molecule has 1 atom stereocenters. The normalized spacial score (nSPS) is 13.1. The molecule has 0 aromatic rings. The molecule has 0 heterocycles. The van der Waals surface area contributed by atoms with E-state index in [9.17, 15) is 4.79 Å². The van der Waals surface area contributed by atoms with Crippen molar-refractivity contribution in [2.75, 3.05) is 19.8 Å². The second-order valence-corrected chi connectivity index (χ2v) is 4.39. The number of halogens is 3. The Morgan fingerprint density at radius 1 is 1.17 bits per heavy atom. The Morgan fingerprint density at radius 2 is 1.78 bits per heavy atom. The maximum absolute atomic E-state index is 11.9. The summed E-state index contributed by atoms with van der Waals surface area (Å²) in [6.45, 7) is 6.57. The van der Waals surface area contributed by atoms with Gasteiger partial charge in [0.05, 0.1) is 18.7 Å². The van der Waals surface area contributed by atoms with E-state index in [0.29, 0.717) is 31.8 Å². The maximum Gasteiger partial charge on any atom is 0.331 e. The molecule has 0 fully saturated rings. The molecule has 0 aliphatic rings. The molecule has 0 aliphatic heterocycles. The number of unbranched alkanes of at least 4 members (excludes halogenated alkanes) is 1. The van der Waals surface area contributed by atoms with Crippen LogP contribution in [0.1, 0.15) is 40.0 Å². The van der Waals surface area contributed by atoms with Gasteiger partial charge in [-0.3, -0.25) is 4.99 Å². The van der Waals surface area contributed by atoms with Crippen LogP contribution in [-0.2, 0) is 14.4 Å². The summed E-state index contributed by atoms with van der Waals surface area (Å²) in [4.78, 5) is 20.8. The molecule has 4 N–H and O–H groups in total. The molecule has 1 unspecified atom stereocenters. The zero-order valence-electron chi connectivity index (χ0n) is 13.8. The Kier molecular flexibility index (Phi) is 23.1. The summed E-state index contributed by atoms with van der Waals surface area (Å²) in [6.07, 6.45) is 3.23. The third-order valence-corrected chi connectivity index (χ3v) is 2.50. The topological polar surface area (TPSA) is 112 Å². The van der Waals surface area contributed by atoms with Gasteiger partial charge in [-0.05, 0) is 40.0 Å². The summed E-state index contributed by atoms with van der Waals surface area (Å²) in [7, 11) is 0. The Labute approximate surface area is 156 Å². The molecule has 0 aliphatic carbocycles. The Morgan fingerprint density at radius 3 is 2.26 bits per heavy atom. The molecule has 0 rings (SSSR count). The average molecular weight is 396 g/mol. The molecular weight excluding hydrogens is 367 g/mol. The van der Waals surface area contributed by atoms with Crippen LogP contribution in [0.25, 0.3) is 0 Å². The number of oxime groups is 1. The van der Waals surface area contributed by atoms with Gasteiger partial charge in [0.2, 0.25) is 0 Å². The van der Waals surface area contributed by atoms with Crippen molar-refractivity contribution in [3.63, 3.8) is 0 Å². The first-order valence-corrected chi connectivity index (χ1v) is 6.85. The first-order chi connectivity index (χ1) is 9.46. The molecule has 10 heteroatoms. The van der Waals surface area contributed by atoms with Gasteiger partial charge in [-0.2, -0.15) is 0 Å². The molecule has 140 valence electrons. The van der Waals surface area contributed by atoms with Crippen LogP contribution in [0.2, 0.25) is 0 Å². The van der Waals surface area contributed by atoms with Crippen LogP contribution in [0.15, 0.2) is 10.1 Å². The second kappa shape index (κ2) is 17.6. The first-order valence-electron chi connectivity index (χ1n) is 6.85. The van der Waals surface area contributed by atoms with E-state index in [1.807, 2.05) is 0 Å². The highest BCUT2D eigenvalue weighted by atomic mass is 35.5. The number of nitrogens with zero attached hydrogens (tertiary/aromatic N) is 2. The quantitative estimate of drug-likeness (QED) is 0.193. The minimum Gasteiger partial charge on any atom is -0.464 e. The fraction of sp³-hybridized carbons (Fsp3) is 0.769. The third kappa shape index (κ3) is 14.6. The first kappa shape index (κ1) is 30.2. The summed E-state index contributed by atoms with van der Waals surface area (Å²) in [5.74, 6) is 0.0503. The largest absolute Gasteiger partial charge is 0.464 e. The minimum atomic E-state index is -1.26. The number of aliphatic imine (C=N–C) groups is 1. The summed E-state index contributed by atoms with van der Waals surface area (Å²) in [5, 5.41) is 3.69. The van der Waals surface area contributed by atoms with Gasteiger partial charge in [-0.1, -0.05) is 5.16 Å². The molecule has 0 spiro atoms. The van der Waals surface area contributed by atoms with Crippen LogP contribution in [0.5, 0.6) is 0 Å². The van der Waals surface area contributed by atoms with Gasteiger partial charge >= 0.3 is 5.97 Å². The van der Waals surface area contributed by atoms with E-state index in [0.717, 1.165) is 6.42 Å². The van der Waals surface area contributed by atoms with Gasteiger partial charge < -0.3 is 21.0 Å². The number of carbonyl (C=O) groups is 1. The number of hydrogen-bond acceptors (Lipinski definition) is 6. The fourth-order valence-electron chi connectivity index (χ4n) is 1.48.